The molecule has 0 fully saturated rings. The summed E-state index contributed by atoms with van der Waals surface area (Å²) in [5, 5.41) is 9.64. The van der Waals surface area contributed by atoms with E-state index in [4.69, 9.17) is 6.42 Å². The zero-order chi connectivity index (χ0) is 8.81. The Morgan fingerprint density at radius 2 is 2.50 bits per heavy atom. The molecule has 0 spiro atoms. The van der Waals surface area contributed by atoms with E-state index in [1.165, 1.54) is 12.0 Å². The Morgan fingerprint density at radius 1 is 1.67 bits per heavy atom. The molecule has 1 aliphatic rings. The molecule has 0 aliphatic heterocycles. The Bertz CT molecular complexity index is 198. The van der Waals surface area contributed by atoms with E-state index in [2.05, 4.69) is 12.0 Å². The van der Waals surface area contributed by atoms with Crippen LogP contribution >= 0.6 is 0 Å². The van der Waals surface area contributed by atoms with Gasteiger partial charge in [0.05, 0.1) is 6.10 Å². The minimum absolute atomic E-state index is 0.221. The second kappa shape index (κ2) is 5.00. The molecular weight excluding hydrogens is 148 g/mol. The Kier molecular flexibility index (Phi) is 3.90. The molecule has 0 heterocycles. The third-order valence-electron chi connectivity index (χ3n) is 2.30. The summed E-state index contributed by atoms with van der Waals surface area (Å²) in [6, 6.07) is 0. The van der Waals surface area contributed by atoms with Crippen LogP contribution < -0.4 is 0 Å². The van der Waals surface area contributed by atoms with E-state index in [9.17, 15) is 5.11 Å². The molecule has 1 aliphatic carbocycles. The number of terminal acetylenes is 1. The van der Waals surface area contributed by atoms with Crippen LogP contribution in [0.15, 0.2) is 11.6 Å². The predicted molar refractivity (Wildman–Crippen MR) is 50.6 cm³/mol. The van der Waals surface area contributed by atoms with E-state index in [0.29, 0.717) is 0 Å². The Balaban J connectivity index is 2.19. The number of allylic oxidation sites excluding steroid dienone is 1. The van der Waals surface area contributed by atoms with Gasteiger partial charge in [-0.1, -0.05) is 6.08 Å². The highest BCUT2D eigenvalue weighted by Crippen LogP contribution is 2.23. The largest absolute Gasteiger partial charge is 0.389 e. The fourth-order valence-electron chi connectivity index (χ4n) is 1.58. The first kappa shape index (κ1) is 9.35. The van der Waals surface area contributed by atoms with Gasteiger partial charge in [-0.15, -0.1) is 12.3 Å². The highest BCUT2D eigenvalue weighted by atomic mass is 16.3. The molecule has 0 aromatic heterocycles. The average molecular weight is 164 g/mol. The topological polar surface area (TPSA) is 20.2 Å². The lowest BCUT2D eigenvalue weighted by atomic mass is 10.0. The molecule has 66 valence electrons. The second-order valence-electron chi connectivity index (χ2n) is 3.28. The molecule has 1 rings (SSSR count). The SMILES string of the molecule is C#CCCCC(O)C1=CCCC1. The van der Waals surface area contributed by atoms with Crippen molar-refractivity contribution in [3.05, 3.63) is 11.6 Å². The summed E-state index contributed by atoms with van der Waals surface area (Å²) in [6.45, 7) is 0. The molecule has 0 amide bonds. The number of aliphatic hydroxyl groups is 1. The van der Waals surface area contributed by atoms with Crippen molar-refractivity contribution in [3.8, 4) is 12.3 Å². The summed E-state index contributed by atoms with van der Waals surface area (Å²) in [6.07, 6.45) is 13.0. The van der Waals surface area contributed by atoms with Crippen LogP contribution in [0.2, 0.25) is 0 Å². The lowest BCUT2D eigenvalue weighted by Crippen LogP contribution is -2.08. The van der Waals surface area contributed by atoms with Gasteiger partial charge in [0, 0.05) is 6.42 Å². The minimum atomic E-state index is -0.221. The summed E-state index contributed by atoms with van der Waals surface area (Å²) >= 11 is 0. The van der Waals surface area contributed by atoms with Crippen molar-refractivity contribution in [1.82, 2.24) is 0 Å². The van der Waals surface area contributed by atoms with Crippen LogP contribution in [0.5, 0.6) is 0 Å². The van der Waals surface area contributed by atoms with Crippen molar-refractivity contribution in [1.29, 1.82) is 0 Å². The van der Waals surface area contributed by atoms with Crippen LogP contribution in [0.25, 0.3) is 0 Å². The molecule has 0 saturated heterocycles. The first-order valence-electron chi connectivity index (χ1n) is 4.65. The number of unbranched alkanes of at least 4 members (excludes halogenated alkanes) is 1. The van der Waals surface area contributed by atoms with Crippen molar-refractivity contribution in [3.63, 3.8) is 0 Å². The predicted octanol–water partition coefficient (Wildman–Crippen LogP) is 2.26. The second-order valence-corrected chi connectivity index (χ2v) is 3.28. The maximum atomic E-state index is 9.64. The molecule has 1 atom stereocenters. The fourth-order valence-corrected chi connectivity index (χ4v) is 1.58. The summed E-state index contributed by atoms with van der Waals surface area (Å²) in [5.41, 5.74) is 1.23. The van der Waals surface area contributed by atoms with Crippen LogP contribution in [0.1, 0.15) is 38.5 Å². The zero-order valence-electron chi connectivity index (χ0n) is 7.42. The van der Waals surface area contributed by atoms with E-state index in [1.807, 2.05) is 0 Å². The molecule has 12 heavy (non-hydrogen) atoms. The molecule has 1 unspecified atom stereocenters. The Hall–Kier alpha value is -0.740. The van der Waals surface area contributed by atoms with Gasteiger partial charge in [0.25, 0.3) is 0 Å². The van der Waals surface area contributed by atoms with Crippen LogP contribution in [-0.2, 0) is 0 Å². The molecule has 1 N–H and O–H groups in total. The van der Waals surface area contributed by atoms with Crippen molar-refractivity contribution in [2.45, 2.75) is 44.6 Å². The van der Waals surface area contributed by atoms with Crippen LogP contribution in [-0.4, -0.2) is 11.2 Å². The normalized spacial score (nSPS) is 18.5. The molecule has 1 heteroatoms. The molecule has 0 saturated carbocycles. The van der Waals surface area contributed by atoms with Crippen LogP contribution in [0, 0.1) is 12.3 Å². The van der Waals surface area contributed by atoms with E-state index in [1.54, 1.807) is 0 Å². The number of rotatable bonds is 4. The van der Waals surface area contributed by atoms with Gasteiger partial charge >= 0.3 is 0 Å². The van der Waals surface area contributed by atoms with Crippen LogP contribution in [0.3, 0.4) is 0 Å². The Labute approximate surface area is 74.5 Å². The quantitative estimate of drug-likeness (QED) is 0.384. The Morgan fingerprint density at radius 3 is 3.08 bits per heavy atom. The van der Waals surface area contributed by atoms with Gasteiger partial charge in [0.1, 0.15) is 0 Å². The van der Waals surface area contributed by atoms with Gasteiger partial charge < -0.3 is 5.11 Å². The summed E-state index contributed by atoms with van der Waals surface area (Å²) in [4.78, 5) is 0. The van der Waals surface area contributed by atoms with E-state index < -0.39 is 0 Å². The first-order valence-corrected chi connectivity index (χ1v) is 4.65. The fraction of sp³-hybridized carbons (Fsp3) is 0.636. The lowest BCUT2D eigenvalue weighted by Gasteiger charge is -2.10. The maximum Gasteiger partial charge on any atom is 0.0750 e. The van der Waals surface area contributed by atoms with Gasteiger partial charge in [0.15, 0.2) is 0 Å². The van der Waals surface area contributed by atoms with Gasteiger partial charge in [-0.2, -0.15) is 0 Å². The molecular formula is C11H16O. The molecule has 1 nitrogen and oxygen atoms in total. The first-order chi connectivity index (χ1) is 5.84. The average Bonchev–Trinajstić information content (AvgIpc) is 2.56. The zero-order valence-corrected chi connectivity index (χ0v) is 7.42. The lowest BCUT2D eigenvalue weighted by molar-refractivity contribution is 0.195. The number of aliphatic hydroxyl groups excluding tert-OH is 1. The van der Waals surface area contributed by atoms with E-state index in [0.717, 1.165) is 32.1 Å². The highest BCUT2D eigenvalue weighted by Gasteiger charge is 2.12. The van der Waals surface area contributed by atoms with E-state index >= 15 is 0 Å². The smallest absolute Gasteiger partial charge is 0.0750 e. The van der Waals surface area contributed by atoms with Gasteiger partial charge in [0.2, 0.25) is 0 Å². The monoisotopic (exact) mass is 164 g/mol. The van der Waals surface area contributed by atoms with Gasteiger partial charge in [-0.05, 0) is 37.7 Å². The van der Waals surface area contributed by atoms with Gasteiger partial charge in [-0.3, -0.25) is 0 Å². The number of hydrogen-bond acceptors (Lipinski definition) is 1. The summed E-state index contributed by atoms with van der Waals surface area (Å²) < 4.78 is 0. The molecule has 0 radical (unpaired) electrons. The number of hydrogen-bond donors (Lipinski definition) is 1. The summed E-state index contributed by atoms with van der Waals surface area (Å²) in [7, 11) is 0. The highest BCUT2D eigenvalue weighted by molar-refractivity contribution is 5.12. The summed E-state index contributed by atoms with van der Waals surface area (Å²) in [5.74, 6) is 2.58. The van der Waals surface area contributed by atoms with Crippen molar-refractivity contribution >= 4 is 0 Å². The third-order valence-corrected chi connectivity index (χ3v) is 2.30. The van der Waals surface area contributed by atoms with Crippen molar-refractivity contribution in [2.75, 3.05) is 0 Å². The minimum Gasteiger partial charge on any atom is -0.389 e. The molecule has 0 aromatic rings. The maximum absolute atomic E-state index is 9.64. The van der Waals surface area contributed by atoms with Crippen molar-refractivity contribution < 1.29 is 5.11 Å². The third kappa shape index (κ3) is 2.71. The van der Waals surface area contributed by atoms with E-state index in [-0.39, 0.29) is 6.10 Å². The van der Waals surface area contributed by atoms with Crippen LogP contribution in [0.4, 0.5) is 0 Å². The molecule has 0 bridgehead atoms. The van der Waals surface area contributed by atoms with Crippen molar-refractivity contribution in [2.24, 2.45) is 0 Å². The molecule has 0 aromatic carbocycles. The van der Waals surface area contributed by atoms with Gasteiger partial charge in [-0.25, -0.2) is 0 Å². The standard InChI is InChI=1S/C11H16O/c1-2-3-4-9-11(12)10-7-5-6-8-10/h1,7,11-12H,3-6,8-9H2.